The lowest BCUT2D eigenvalue weighted by atomic mass is 10.0. The number of amides is 1. The molecule has 1 aliphatic rings. The summed E-state index contributed by atoms with van der Waals surface area (Å²) in [6, 6.07) is 5.91. The van der Waals surface area contributed by atoms with E-state index in [0.717, 1.165) is 35.1 Å². The van der Waals surface area contributed by atoms with Crippen molar-refractivity contribution in [1.82, 2.24) is 4.90 Å². The van der Waals surface area contributed by atoms with Crippen molar-refractivity contribution in [3.63, 3.8) is 0 Å². The van der Waals surface area contributed by atoms with Crippen LogP contribution in [0.5, 0.6) is 0 Å². The summed E-state index contributed by atoms with van der Waals surface area (Å²) < 4.78 is 0.973. The average molecular weight is 310 g/mol. The number of carbonyl (C=O) groups is 1. The molecule has 1 atom stereocenters. The quantitative estimate of drug-likeness (QED) is 0.826. The molecule has 1 aromatic carbocycles. The lowest BCUT2D eigenvalue weighted by Crippen LogP contribution is -2.29. The first-order valence-electron chi connectivity index (χ1n) is 6.67. The lowest BCUT2D eigenvalue weighted by molar-refractivity contribution is 0.0785. The molecule has 3 heteroatoms. The number of hydrogen-bond acceptors (Lipinski definition) is 1. The number of carbonyl (C=O) groups excluding carboxylic acids is 1. The molecule has 1 aliphatic heterocycles. The van der Waals surface area contributed by atoms with E-state index in [1.807, 2.05) is 30.0 Å². The number of halogens is 1. The number of aryl methyl sites for hydroxylation is 1. The fourth-order valence-electron chi connectivity index (χ4n) is 2.66. The lowest BCUT2D eigenvalue weighted by Gasteiger charge is -2.18. The van der Waals surface area contributed by atoms with Crippen LogP contribution in [0.2, 0.25) is 0 Å². The summed E-state index contributed by atoms with van der Waals surface area (Å²) in [7, 11) is 0. The molecule has 0 spiro atoms. The van der Waals surface area contributed by atoms with E-state index in [0.29, 0.717) is 5.92 Å². The van der Waals surface area contributed by atoms with E-state index in [-0.39, 0.29) is 5.91 Å². The van der Waals surface area contributed by atoms with Gasteiger partial charge in [0, 0.05) is 23.1 Å². The standard InChI is InChI=1S/C15H20BrNO/c1-3-4-12-7-8-17(10-12)15(18)14-9-13(16)6-5-11(14)2/h5-6,9,12H,3-4,7-8,10H2,1-2H3. The molecule has 2 rings (SSSR count). The summed E-state index contributed by atoms with van der Waals surface area (Å²) >= 11 is 3.44. The van der Waals surface area contributed by atoms with Crippen molar-refractivity contribution in [2.75, 3.05) is 13.1 Å². The van der Waals surface area contributed by atoms with E-state index in [1.54, 1.807) is 0 Å². The van der Waals surface area contributed by atoms with E-state index in [4.69, 9.17) is 0 Å². The molecule has 0 aromatic heterocycles. The third-order valence-electron chi connectivity index (χ3n) is 3.70. The topological polar surface area (TPSA) is 20.3 Å². The SMILES string of the molecule is CCCC1CCN(C(=O)c2cc(Br)ccc2C)C1. The molecule has 1 amide bonds. The normalized spacial score (nSPS) is 19.3. The van der Waals surface area contributed by atoms with Gasteiger partial charge in [-0.2, -0.15) is 0 Å². The summed E-state index contributed by atoms with van der Waals surface area (Å²) in [4.78, 5) is 14.5. The van der Waals surface area contributed by atoms with Gasteiger partial charge in [-0.05, 0) is 43.4 Å². The Bertz CT molecular complexity index is 444. The van der Waals surface area contributed by atoms with Gasteiger partial charge in [-0.25, -0.2) is 0 Å². The monoisotopic (exact) mass is 309 g/mol. The summed E-state index contributed by atoms with van der Waals surface area (Å²) in [5.41, 5.74) is 1.89. The molecule has 0 saturated carbocycles. The highest BCUT2D eigenvalue weighted by atomic mass is 79.9. The van der Waals surface area contributed by atoms with Crippen LogP contribution in [0, 0.1) is 12.8 Å². The van der Waals surface area contributed by atoms with E-state index < -0.39 is 0 Å². The largest absolute Gasteiger partial charge is 0.338 e. The molecule has 1 saturated heterocycles. The molecule has 0 aliphatic carbocycles. The number of hydrogen-bond donors (Lipinski definition) is 0. The first-order valence-corrected chi connectivity index (χ1v) is 7.46. The van der Waals surface area contributed by atoms with Crippen molar-refractivity contribution in [2.24, 2.45) is 5.92 Å². The Morgan fingerprint density at radius 1 is 1.50 bits per heavy atom. The fraction of sp³-hybridized carbons (Fsp3) is 0.533. The first-order chi connectivity index (χ1) is 8.61. The van der Waals surface area contributed by atoms with Crippen molar-refractivity contribution in [2.45, 2.75) is 33.1 Å². The maximum Gasteiger partial charge on any atom is 0.254 e. The minimum absolute atomic E-state index is 0.187. The zero-order chi connectivity index (χ0) is 13.1. The van der Waals surface area contributed by atoms with Crippen molar-refractivity contribution in [3.8, 4) is 0 Å². The van der Waals surface area contributed by atoms with Gasteiger partial charge in [-0.15, -0.1) is 0 Å². The Morgan fingerprint density at radius 3 is 3.00 bits per heavy atom. The second-order valence-electron chi connectivity index (χ2n) is 5.15. The Morgan fingerprint density at radius 2 is 2.28 bits per heavy atom. The Hall–Kier alpha value is -0.830. The molecule has 1 heterocycles. The molecule has 0 radical (unpaired) electrons. The van der Waals surface area contributed by atoms with Crippen molar-refractivity contribution in [1.29, 1.82) is 0 Å². The predicted octanol–water partition coefficient (Wildman–Crippen LogP) is 4.02. The van der Waals surface area contributed by atoms with Crippen molar-refractivity contribution >= 4 is 21.8 Å². The average Bonchev–Trinajstić information content (AvgIpc) is 2.80. The number of benzene rings is 1. The van der Waals surface area contributed by atoms with Crippen LogP contribution in [0.4, 0.5) is 0 Å². The van der Waals surface area contributed by atoms with Crippen LogP contribution in [0.3, 0.4) is 0 Å². The van der Waals surface area contributed by atoms with Gasteiger partial charge in [-0.3, -0.25) is 4.79 Å². The van der Waals surface area contributed by atoms with Crippen LogP contribution in [-0.4, -0.2) is 23.9 Å². The second-order valence-corrected chi connectivity index (χ2v) is 6.07. The van der Waals surface area contributed by atoms with Crippen molar-refractivity contribution in [3.05, 3.63) is 33.8 Å². The zero-order valence-corrected chi connectivity index (χ0v) is 12.7. The van der Waals surface area contributed by atoms with Gasteiger partial charge < -0.3 is 4.90 Å². The second kappa shape index (κ2) is 5.87. The van der Waals surface area contributed by atoms with Crippen LogP contribution in [-0.2, 0) is 0 Å². The van der Waals surface area contributed by atoms with Crippen LogP contribution in [0.1, 0.15) is 42.1 Å². The van der Waals surface area contributed by atoms with E-state index >= 15 is 0 Å². The van der Waals surface area contributed by atoms with Crippen LogP contribution >= 0.6 is 15.9 Å². The molecule has 1 aromatic rings. The van der Waals surface area contributed by atoms with Gasteiger partial charge in [0.2, 0.25) is 0 Å². The molecule has 18 heavy (non-hydrogen) atoms. The molecule has 2 nitrogen and oxygen atoms in total. The maximum absolute atomic E-state index is 12.5. The summed E-state index contributed by atoms with van der Waals surface area (Å²) in [5, 5.41) is 0. The van der Waals surface area contributed by atoms with E-state index in [1.165, 1.54) is 12.8 Å². The van der Waals surface area contributed by atoms with Gasteiger partial charge >= 0.3 is 0 Å². The number of likely N-dealkylation sites (tertiary alicyclic amines) is 1. The van der Waals surface area contributed by atoms with Gasteiger partial charge in [0.05, 0.1) is 0 Å². The third kappa shape index (κ3) is 2.94. The Balaban J connectivity index is 2.10. The first kappa shape index (κ1) is 13.6. The van der Waals surface area contributed by atoms with Crippen LogP contribution in [0.15, 0.2) is 22.7 Å². The third-order valence-corrected chi connectivity index (χ3v) is 4.19. The van der Waals surface area contributed by atoms with Gasteiger partial charge in [0.25, 0.3) is 5.91 Å². The van der Waals surface area contributed by atoms with Gasteiger partial charge in [0.1, 0.15) is 0 Å². The molecular formula is C15H20BrNO. The van der Waals surface area contributed by atoms with E-state index in [9.17, 15) is 4.79 Å². The van der Waals surface area contributed by atoms with Crippen LogP contribution < -0.4 is 0 Å². The van der Waals surface area contributed by atoms with Gasteiger partial charge in [-0.1, -0.05) is 35.3 Å². The highest BCUT2D eigenvalue weighted by molar-refractivity contribution is 9.10. The summed E-state index contributed by atoms with van der Waals surface area (Å²) in [6.07, 6.45) is 3.61. The smallest absolute Gasteiger partial charge is 0.254 e. The minimum Gasteiger partial charge on any atom is -0.338 e. The maximum atomic E-state index is 12.5. The Labute approximate surface area is 117 Å². The molecule has 1 unspecified atom stereocenters. The Kier molecular flexibility index (Phi) is 4.44. The molecule has 0 bridgehead atoms. The fourth-order valence-corrected chi connectivity index (χ4v) is 3.02. The molecule has 0 N–H and O–H groups in total. The summed E-state index contributed by atoms with van der Waals surface area (Å²) in [6.45, 7) is 6.05. The molecule has 1 fully saturated rings. The molecule has 98 valence electrons. The molecular weight excluding hydrogens is 290 g/mol. The predicted molar refractivity (Wildman–Crippen MR) is 77.8 cm³/mol. The highest BCUT2D eigenvalue weighted by Gasteiger charge is 2.26. The van der Waals surface area contributed by atoms with Crippen LogP contribution in [0.25, 0.3) is 0 Å². The number of rotatable bonds is 3. The van der Waals surface area contributed by atoms with E-state index in [2.05, 4.69) is 22.9 Å². The summed E-state index contributed by atoms with van der Waals surface area (Å²) in [5.74, 6) is 0.888. The highest BCUT2D eigenvalue weighted by Crippen LogP contribution is 2.24. The van der Waals surface area contributed by atoms with Gasteiger partial charge in [0.15, 0.2) is 0 Å². The zero-order valence-electron chi connectivity index (χ0n) is 11.1. The van der Waals surface area contributed by atoms with Crippen molar-refractivity contribution < 1.29 is 4.79 Å². The minimum atomic E-state index is 0.187. The number of nitrogens with zero attached hydrogens (tertiary/aromatic N) is 1.